The van der Waals surface area contributed by atoms with Gasteiger partial charge in [-0.25, -0.2) is 0 Å². The first-order valence-corrected chi connectivity index (χ1v) is 3.62. The number of carbonyl (C=O) groups excluding carboxylic acids is 1. The maximum absolute atomic E-state index is 10.6. The van der Waals surface area contributed by atoms with Crippen molar-refractivity contribution in [3.05, 3.63) is 10.4 Å². The molecule has 0 amide bonds. The average molecular weight is 171 g/mol. The highest BCUT2D eigenvalue weighted by Crippen LogP contribution is 2.18. The lowest BCUT2D eigenvalue weighted by molar-refractivity contribution is -0.142. The van der Waals surface area contributed by atoms with E-state index in [0.717, 1.165) is 0 Å². The van der Waals surface area contributed by atoms with Gasteiger partial charge < -0.3 is 9.84 Å². The SMILES string of the molecule is [N-]=[N+]=N[C@@H](CO)[C@@H]1CCC(=O)O1. The minimum Gasteiger partial charge on any atom is -0.462 e. The molecule has 1 saturated heterocycles. The fourth-order valence-corrected chi connectivity index (χ4v) is 1.11. The zero-order chi connectivity index (χ0) is 8.97. The Morgan fingerprint density at radius 3 is 3.08 bits per heavy atom. The normalized spacial score (nSPS) is 24.4. The van der Waals surface area contributed by atoms with Crippen LogP contribution in [0.3, 0.4) is 0 Å². The smallest absolute Gasteiger partial charge is 0.306 e. The summed E-state index contributed by atoms with van der Waals surface area (Å²) in [4.78, 5) is 13.2. The molecule has 0 unspecified atom stereocenters. The molecule has 0 aromatic carbocycles. The standard InChI is InChI=1S/C6H9N3O3/c7-9-8-4(3-10)5-1-2-6(11)12-5/h4-5,10H,1-3H2/t4-,5-/m0/s1. The predicted molar refractivity (Wildman–Crippen MR) is 39.1 cm³/mol. The number of esters is 1. The maximum atomic E-state index is 10.6. The lowest BCUT2D eigenvalue weighted by Crippen LogP contribution is -2.27. The molecule has 1 aliphatic heterocycles. The quantitative estimate of drug-likeness (QED) is 0.287. The summed E-state index contributed by atoms with van der Waals surface area (Å²) in [5, 5.41) is 12.1. The molecule has 1 rings (SSSR count). The Kier molecular flexibility index (Phi) is 2.90. The number of carbonyl (C=O) groups is 1. The molecule has 0 aromatic rings. The Hall–Kier alpha value is -1.26. The van der Waals surface area contributed by atoms with Crippen molar-refractivity contribution >= 4 is 5.97 Å². The molecule has 2 atom stereocenters. The van der Waals surface area contributed by atoms with Crippen molar-refractivity contribution in [1.29, 1.82) is 0 Å². The van der Waals surface area contributed by atoms with Crippen LogP contribution >= 0.6 is 0 Å². The molecule has 66 valence electrons. The van der Waals surface area contributed by atoms with Crippen molar-refractivity contribution in [2.24, 2.45) is 5.11 Å². The second-order valence-electron chi connectivity index (χ2n) is 2.52. The monoisotopic (exact) mass is 171 g/mol. The van der Waals surface area contributed by atoms with Gasteiger partial charge in [-0.15, -0.1) is 0 Å². The van der Waals surface area contributed by atoms with E-state index in [9.17, 15) is 4.79 Å². The number of rotatable bonds is 3. The summed E-state index contributed by atoms with van der Waals surface area (Å²) in [6.45, 7) is -0.290. The van der Waals surface area contributed by atoms with Gasteiger partial charge in [-0.1, -0.05) is 5.11 Å². The van der Waals surface area contributed by atoms with E-state index in [0.29, 0.717) is 12.8 Å². The minimum atomic E-state index is -0.638. The fraction of sp³-hybridized carbons (Fsp3) is 0.833. The maximum Gasteiger partial charge on any atom is 0.306 e. The van der Waals surface area contributed by atoms with Crippen molar-refractivity contribution < 1.29 is 14.6 Å². The van der Waals surface area contributed by atoms with Gasteiger partial charge in [0, 0.05) is 11.3 Å². The Bertz CT molecular complexity index is 224. The number of aliphatic hydroxyl groups is 1. The van der Waals surface area contributed by atoms with Crippen LogP contribution in [-0.4, -0.2) is 29.8 Å². The number of aliphatic hydroxyl groups excluding tert-OH is 1. The Balaban J connectivity index is 2.54. The third kappa shape index (κ3) is 1.87. The molecule has 0 aromatic heterocycles. The molecule has 0 aliphatic carbocycles. The van der Waals surface area contributed by atoms with Crippen LogP contribution < -0.4 is 0 Å². The second-order valence-corrected chi connectivity index (χ2v) is 2.52. The molecular formula is C6H9N3O3. The topological polar surface area (TPSA) is 95.3 Å². The largest absolute Gasteiger partial charge is 0.462 e. The highest BCUT2D eigenvalue weighted by molar-refractivity contribution is 5.71. The molecule has 1 N–H and O–H groups in total. The van der Waals surface area contributed by atoms with Crippen LogP contribution in [0.15, 0.2) is 5.11 Å². The number of nitrogens with zero attached hydrogens (tertiary/aromatic N) is 3. The van der Waals surface area contributed by atoms with E-state index in [1.54, 1.807) is 0 Å². The van der Waals surface area contributed by atoms with Crippen molar-refractivity contribution in [3.63, 3.8) is 0 Å². The summed E-state index contributed by atoms with van der Waals surface area (Å²) in [5.74, 6) is -0.299. The van der Waals surface area contributed by atoms with E-state index in [2.05, 4.69) is 10.0 Å². The van der Waals surface area contributed by atoms with E-state index < -0.39 is 12.1 Å². The lowest BCUT2D eigenvalue weighted by atomic mass is 10.1. The Morgan fingerprint density at radius 2 is 2.67 bits per heavy atom. The number of azide groups is 1. The minimum absolute atomic E-state index is 0.290. The van der Waals surface area contributed by atoms with Crippen LogP contribution in [0, 0.1) is 0 Å². The van der Waals surface area contributed by atoms with Gasteiger partial charge in [0.15, 0.2) is 0 Å². The van der Waals surface area contributed by atoms with E-state index in [4.69, 9.17) is 15.4 Å². The second kappa shape index (κ2) is 3.94. The summed E-state index contributed by atoms with van der Waals surface area (Å²) in [6.07, 6.45) is 0.406. The van der Waals surface area contributed by atoms with Gasteiger partial charge in [0.1, 0.15) is 6.10 Å². The highest BCUT2D eigenvalue weighted by Gasteiger charge is 2.29. The van der Waals surface area contributed by atoms with Crippen molar-refractivity contribution in [2.45, 2.75) is 25.0 Å². The fourth-order valence-electron chi connectivity index (χ4n) is 1.11. The molecule has 0 bridgehead atoms. The first kappa shape index (κ1) is 8.83. The molecular weight excluding hydrogens is 162 g/mol. The molecule has 6 heteroatoms. The summed E-state index contributed by atoms with van der Waals surface area (Å²) >= 11 is 0. The molecule has 12 heavy (non-hydrogen) atoms. The average Bonchev–Trinajstić information content (AvgIpc) is 2.47. The van der Waals surface area contributed by atoms with E-state index in [1.807, 2.05) is 0 Å². The summed E-state index contributed by atoms with van der Waals surface area (Å²) in [7, 11) is 0. The molecule has 1 heterocycles. The molecule has 1 fully saturated rings. The van der Waals surface area contributed by atoms with Crippen LogP contribution in [0.5, 0.6) is 0 Å². The van der Waals surface area contributed by atoms with Crippen LogP contribution in [-0.2, 0) is 9.53 Å². The predicted octanol–water partition coefficient (Wildman–Crippen LogP) is 0.363. The zero-order valence-electron chi connectivity index (χ0n) is 6.38. The number of hydrogen-bond donors (Lipinski definition) is 1. The van der Waals surface area contributed by atoms with E-state index in [-0.39, 0.29) is 12.6 Å². The van der Waals surface area contributed by atoms with Gasteiger partial charge in [-0.05, 0) is 12.0 Å². The zero-order valence-corrected chi connectivity index (χ0v) is 6.38. The van der Waals surface area contributed by atoms with Gasteiger partial charge in [0.05, 0.1) is 12.6 Å². The number of hydrogen-bond acceptors (Lipinski definition) is 4. The van der Waals surface area contributed by atoms with Crippen LogP contribution in [0.2, 0.25) is 0 Å². The molecule has 1 aliphatic rings. The third-order valence-corrected chi connectivity index (χ3v) is 1.73. The Labute approximate surface area is 68.8 Å². The number of ether oxygens (including phenoxy) is 1. The van der Waals surface area contributed by atoms with Crippen LogP contribution in [0.4, 0.5) is 0 Å². The van der Waals surface area contributed by atoms with Gasteiger partial charge in [0.2, 0.25) is 0 Å². The summed E-state index contributed by atoms with van der Waals surface area (Å²) in [5.41, 5.74) is 8.10. The summed E-state index contributed by atoms with van der Waals surface area (Å²) in [6, 6.07) is -0.638. The highest BCUT2D eigenvalue weighted by atomic mass is 16.6. The van der Waals surface area contributed by atoms with Gasteiger partial charge in [0.25, 0.3) is 0 Å². The van der Waals surface area contributed by atoms with Gasteiger partial charge in [-0.3, -0.25) is 4.79 Å². The van der Waals surface area contributed by atoms with Crippen LogP contribution in [0.25, 0.3) is 10.4 Å². The van der Waals surface area contributed by atoms with Crippen LogP contribution in [0.1, 0.15) is 12.8 Å². The first-order valence-electron chi connectivity index (χ1n) is 3.62. The van der Waals surface area contributed by atoms with Crippen molar-refractivity contribution in [3.8, 4) is 0 Å². The van der Waals surface area contributed by atoms with Gasteiger partial charge in [-0.2, -0.15) is 0 Å². The Morgan fingerprint density at radius 1 is 1.92 bits per heavy atom. The molecule has 6 nitrogen and oxygen atoms in total. The van der Waals surface area contributed by atoms with E-state index >= 15 is 0 Å². The molecule has 0 spiro atoms. The number of cyclic esters (lactones) is 1. The molecule has 0 radical (unpaired) electrons. The van der Waals surface area contributed by atoms with Crippen molar-refractivity contribution in [1.82, 2.24) is 0 Å². The molecule has 0 saturated carbocycles. The summed E-state index contributed by atoms with van der Waals surface area (Å²) < 4.78 is 4.80. The third-order valence-electron chi connectivity index (χ3n) is 1.73. The lowest BCUT2D eigenvalue weighted by Gasteiger charge is -2.13. The van der Waals surface area contributed by atoms with Gasteiger partial charge >= 0.3 is 5.97 Å². The van der Waals surface area contributed by atoms with E-state index in [1.165, 1.54) is 0 Å². The first-order chi connectivity index (χ1) is 5.77. The van der Waals surface area contributed by atoms with Crippen molar-refractivity contribution in [2.75, 3.05) is 6.61 Å².